The Morgan fingerprint density at radius 1 is 1.07 bits per heavy atom. The van der Waals surface area contributed by atoms with E-state index < -0.39 is 6.04 Å². The Hall–Kier alpha value is -2.82. The zero-order valence-corrected chi connectivity index (χ0v) is 18.3. The van der Waals surface area contributed by atoms with Crippen LogP contribution in [0.25, 0.3) is 0 Å². The number of carbonyl (C=O) groups excluding carboxylic acids is 2. The zero-order chi connectivity index (χ0) is 21.6. The van der Waals surface area contributed by atoms with Gasteiger partial charge in [-0.15, -0.1) is 0 Å². The molecule has 2 amide bonds. The van der Waals surface area contributed by atoms with Crippen molar-refractivity contribution < 1.29 is 14.3 Å². The fraction of sp³-hybridized carbons (Fsp3) is 0.417. The summed E-state index contributed by atoms with van der Waals surface area (Å²) in [4.78, 5) is 26.7. The number of aryl methyl sites for hydroxylation is 1. The molecule has 2 rings (SSSR count). The number of hydrogen-bond donors (Lipinski definition) is 1. The minimum atomic E-state index is -0.598. The fourth-order valence-corrected chi connectivity index (χ4v) is 3.04. The predicted octanol–water partition coefficient (Wildman–Crippen LogP) is 3.83. The summed E-state index contributed by atoms with van der Waals surface area (Å²) in [5.74, 6) is 0.195. The van der Waals surface area contributed by atoms with Crippen LogP contribution in [0.5, 0.6) is 5.75 Å². The van der Waals surface area contributed by atoms with Gasteiger partial charge in [0.05, 0.1) is 0 Å². The van der Waals surface area contributed by atoms with Gasteiger partial charge in [-0.05, 0) is 48.1 Å². The van der Waals surface area contributed by atoms with Gasteiger partial charge in [0.25, 0.3) is 5.91 Å². The average molecular weight is 397 g/mol. The first-order chi connectivity index (χ1) is 13.6. The van der Waals surface area contributed by atoms with Crippen molar-refractivity contribution in [3.63, 3.8) is 0 Å². The van der Waals surface area contributed by atoms with Crippen molar-refractivity contribution in [2.45, 2.75) is 52.6 Å². The van der Waals surface area contributed by atoms with Crippen molar-refractivity contribution in [2.24, 2.45) is 0 Å². The summed E-state index contributed by atoms with van der Waals surface area (Å²) < 4.78 is 5.73. The molecule has 0 aliphatic rings. The number of hydrogen-bond acceptors (Lipinski definition) is 3. The van der Waals surface area contributed by atoms with Crippen LogP contribution in [-0.4, -0.2) is 36.4 Å². The second kappa shape index (κ2) is 9.59. The van der Waals surface area contributed by atoms with Crippen LogP contribution in [0.3, 0.4) is 0 Å². The van der Waals surface area contributed by atoms with Crippen molar-refractivity contribution in [3.05, 3.63) is 65.2 Å². The SMILES string of the molecule is CNC(=O)C(C)N(Cc1ccccc1C)C(=O)COc1ccc(C(C)(C)C)cc1. The maximum absolute atomic E-state index is 12.9. The monoisotopic (exact) mass is 396 g/mol. The lowest BCUT2D eigenvalue weighted by Crippen LogP contribution is -2.48. The van der Waals surface area contributed by atoms with E-state index in [9.17, 15) is 9.59 Å². The van der Waals surface area contributed by atoms with Gasteiger partial charge in [0.1, 0.15) is 11.8 Å². The topological polar surface area (TPSA) is 58.6 Å². The number of ether oxygens (including phenoxy) is 1. The molecule has 1 atom stereocenters. The Bertz CT molecular complexity index is 838. The van der Waals surface area contributed by atoms with E-state index in [2.05, 4.69) is 26.1 Å². The number of benzene rings is 2. The number of likely N-dealkylation sites (N-methyl/N-ethyl adjacent to an activating group) is 1. The van der Waals surface area contributed by atoms with Crippen LogP contribution in [-0.2, 0) is 21.5 Å². The summed E-state index contributed by atoms with van der Waals surface area (Å²) >= 11 is 0. The number of nitrogens with one attached hydrogen (secondary N) is 1. The summed E-state index contributed by atoms with van der Waals surface area (Å²) in [7, 11) is 1.57. The molecule has 2 aromatic rings. The molecule has 0 spiro atoms. The van der Waals surface area contributed by atoms with E-state index in [1.807, 2.05) is 55.5 Å². The van der Waals surface area contributed by atoms with Gasteiger partial charge in [-0.3, -0.25) is 9.59 Å². The number of amides is 2. The van der Waals surface area contributed by atoms with E-state index in [4.69, 9.17) is 4.74 Å². The zero-order valence-electron chi connectivity index (χ0n) is 18.3. The molecule has 0 aromatic heterocycles. The summed E-state index contributed by atoms with van der Waals surface area (Å²) in [6, 6.07) is 15.0. The Morgan fingerprint density at radius 3 is 2.24 bits per heavy atom. The van der Waals surface area contributed by atoms with Crippen molar-refractivity contribution in [1.82, 2.24) is 10.2 Å². The molecular weight excluding hydrogens is 364 g/mol. The lowest BCUT2D eigenvalue weighted by atomic mass is 9.87. The van der Waals surface area contributed by atoms with Crippen molar-refractivity contribution in [2.75, 3.05) is 13.7 Å². The molecule has 0 radical (unpaired) electrons. The summed E-state index contributed by atoms with van der Waals surface area (Å²) in [5.41, 5.74) is 3.34. The summed E-state index contributed by atoms with van der Waals surface area (Å²) in [6.07, 6.45) is 0. The van der Waals surface area contributed by atoms with E-state index >= 15 is 0 Å². The molecule has 156 valence electrons. The van der Waals surface area contributed by atoms with Gasteiger partial charge >= 0.3 is 0 Å². The quantitative estimate of drug-likeness (QED) is 0.774. The molecular formula is C24H32N2O3. The van der Waals surface area contributed by atoms with Gasteiger partial charge in [-0.25, -0.2) is 0 Å². The first-order valence-corrected chi connectivity index (χ1v) is 9.92. The predicted molar refractivity (Wildman–Crippen MR) is 116 cm³/mol. The molecule has 0 fully saturated rings. The van der Waals surface area contributed by atoms with Crippen LogP contribution in [0.2, 0.25) is 0 Å². The highest BCUT2D eigenvalue weighted by atomic mass is 16.5. The third-order valence-corrected chi connectivity index (χ3v) is 5.10. The normalized spacial score (nSPS) is 12.2. The summed E-state index contributed by atoms with van der Waals surface area (Å²) in [6.45, 7) is 10.4. The average Bonchev–Trinajstić information content (AvgIpc) is 2.70. The van der Waals surface area contributed by atoms with Crippen LogP contribution in [0.15, 0.2) is 48.5 Å². The molecule has 29 heavy (non-hydrogen) atoms. The summed E-state index contributed by atoms with van der Waals surface area (Å²) in [5, 5.41) is 2.62. The maximum Gasteiger partial charge on any atom is 0.261 e. The van der Waals surface area contributed by atoms with E-state index in [-0.39, 0.29) is 23.8 Å². The molecule has 1 unspecified atom stereocenters. The highest BCUT2D eigenvalue weighted by molar-refractivity contribution is 5.87. The van der Waals surface area contributed by atoms with Gasteiger partial charge in [0, 0.05) is 13.6 Å². The first-order valence-electron chi connectivity index (χ1n) is 9.92. The molecule has 0 saturated carbocycles. The van der Waals surface area contributed by atoms with Crippen LogP contribution < -0.4 is 10.1 Å². The van der Waals surface area contributed by atoms with E-state index in [1.54, 1.807) is 18.9 Å². The molecule has 2 aromatic carbocycles. The van der Waals surface area contributed by atoms with Crippen LogP contribution >= 0.6 is 0 Å². The molecule has 0 aliphatic carbocycles. The van der Waals surface area contributed by atoms with E-state index in [1.165, 1.54) is 5.56 Å². The highest BCUT2D eigenvalue weighted by Gasteiger charge is 2.26. The smallest absolute Gasteiger partial charge is 0.261 e. The maximum atomic E-state index is 12.9. The van der Waals surface area contributed by atoms with Gasteiger partial charge in [-0.2, -0.15) is 0 Å². The van der Waals surface area contributed by atoms with E-state index in [0.29, 0.717) is 12.3 Å². The first kappa shape index (κ1) is 22.5. The number of nitrogens with zero attached hydrogens (tertiary/aromatic N) is 1. The minimum Gasteiger partial charge on any atom is -0.484 e. The Labute approximate surface area is 174 Å². The van der Waals surface area contributed by atoms with Gasteiger partial charge in [0.15, 0.2) is 6.61 Å². The minimum absolute atomic E-state index is 0.0572. The van der Waals surface area contributed by atoms with Crippen LogP contribution in [0.4, 0.5) is 0 Å². The van der Waals surface area contributed by atoms with Crippen molar-refractivity contribution >= 4 is 11.8 Å². The molecule has 1 N–H and O–H groups in total. The van der Waals surface area contributed by atoms with Gasteiger partial charge in [-0.1, -0.05) is 57.2 Å². The van der Waals surface area contributed by atoms with Gasteiger partial charge in [0.2, 0.25) is 5.91 Å². The van der Waals surface area contributed by atoms with Gasteiger partial charge < -0.3 is 15.0 Å². The Morgan fingerprint density at radius 2 is 1.69 bits per heavy atom. The Balaban J connectivity index is 2.12. The van der Waals surface area contributed by atoms with Crippen LogP contribution in [0.1, 0.15) is 44.4 Å². The molecule has 0 aliphatic heterocycles. The third-order valence-electron chi connectivity index (χ3n) is 5.10. The second-order valence-electron chi connectivity index (χ2n) is 8.30. The highest BCUT2D eigenvalue weighted by Crippen LogP contribution is 2.24. The second-order valence-corrected chi connectivity index (χ2v) is 8.30. The Kier molecular flexibility index (Phi) is 7.43. The lowest BCUT2D eigenvalue weighted by Gasteiger charge is -2.29. The van der Waals surface area contributed by atoms with Crippen LogP contribution in [0, 0.1) is 6.92 Å². The van der Waals surface area contributed by atoms with Crippen molar-refractivity contribution in [3.8, 4) is 5.75 Å². The molecule has 0 saturated heterocycles. The largest absolute Gasteiger partial charge is 0.484 e. The van der Waals surface area contributed by atoms with E-state index in [0.717, 1.165) is 11.1 Å². The lowest BCUT2D eigenvalue weighted by molar-refractivity contribution is -0.142. The molecule has 0 bridgehead atoms. The molecule has 0 heterocycles. The fourth-order valence-electron chi connectivity index (χ4n) is 3.04. The molecule has 5 nitrogen and oxygen atoms in total. The van der Waals surface area contributed by atoms with Crippen molar-refractivity contribution in [1.29, 1.82) is 0 Å². The number of rotatable bonds is 7. The standard InChI is InChI=1S/C24H32N2O3/c1-17-9-7-8-10-19(17)15-26(18(2)23(28)25-6)22(27)16-29-21-13-11-20(12-14-21)24(3,4)5/h7-14,18H,15-16H2,1-6H3,(H,25,28). The number of carbonyl (C=O) groups is 2. The third kappa shape index (κ3) is 6.08. The molecule has 5 heteroatoms.